The van der Waals surface area contributed by atoms with E-state index < -0.39 is 11.6 Å². The quantitative estimate of drug-likeness (QED) is 0.700. The van der Waals surface area contributed by atoms with Gasteiger partial charge < -0.3 is 15.1 Å². The number of aliphatic hydroxyl groups is 1. The minimum Gasteiger partial charge on any atom is -0.481 e. The number of thioether (sulfide) groups is 1. The molecule has 90 valence electrons. The van der Waals surface area contributed by atoms with Crippen LogP contribution in [-0.2, 0) is 9.59 Å². The van der Waals surface area contributed by atoms with Crippen molar-refractivity contribution in [3.63, 3.8) is 0 Å². The summed E-state index contributed by atoms with van der Waals surface area (Å²) in [4.78, 5) is 23.4. The molecule has 1 amide bonds. The Kier molecular flexibility index (Phi) is 3.12. The zero-order chi connectivity index (χ0) is 11.8. The zero-order valence-electron chi connectivity index (χ0n) is 8.89. The van der Waals surface area contributed by atoms with E-state index in [1.807, 2.05) is 0 Å². The first-order chi connectivity index (χ1) is 7.51. The van der Waals surface area contributed by atoms with Crippen molar-refractivity contribution in [2.75, 3.05) is 24.6 Å². The van der Waals surface area contributed by atoms with Crippen molar-refractivity contribution in [3.8, 4) is 0 Å². The lowest BCUT2D eigenvalue weighted by molar-refractivity contribution is -0.156. The molecule has 1 heterocycles. The van der Waals surface area contributed by atoms with E-state index in [0.717, 1.165) is 24.6 Å². The van der Waals surface area contributed by atoms with Gasteiger partial charge in [-0.15, -0.1) is 11.8 Å². The van der Waals surface area contributed by atoms with E-state index in [4.69, 9.17) is 5.11 Å². The molecule has 6 heteroatoms. The van der Waals surface area contributed by atoms with Crippen LogP contribution >= 0.6 is 11.8 Å². The topological polar surface area (TPSA) is 77.8 Å². The highest BCUT2D eigenvalue weighted by Crippen LogP contribution is 2.44. The van der Waals surface area contributed by atoms with Crippen molar-refractivity contribution in [1.29, 1.82) is 0 Å². The Labute approximate surface area is 97.8 Å². The molecule has 1 aliphatic heterocycles. The van der Waals surface area contributed by atoms with E-state index in [1.54, 1.807) is 4.90 Å². The summed E-state index contributed by atoms with van der Waals surface area (Å²) in [5.41, 5.74) is -0.646. The average molecular weight is 245 g/mol. The Morgan fingerprint density at radius 3 is 2.44 bits per heavy atom. The summed E-state index contributed by atoms with van der Waals surface area (Å²) >= 11 is 1.10. The van der Waals surface area contributed by atoms with Crippen LogP contribution in [0.4, 0.5) is 0 Å². The van der Waals surface area contributed by atoms with Crippen molar-refractivity contribution >= 4 is 23.6 Å². The Bertz CT molecular complexity index is 310. The summed E-state index contributed by atoms with van der Waals surface area (Å²) in [6.45, 7) is 0.842. The molecular formula is C10H15NO4S. The maximum absolute atomic E-state index is 11.5. The highest BCUT2D eigenvalue weighted by Gasteiger charge is 2.53. The minimum absolute atomic E-state index is 0.0491. The first-order valence-corrected chi connectivity index (χ1v) is 6.46. The summed E-state index contributed by atoms with van der Waals surface area (Å²) in [6, 6.07) is 0. The Hall–Kier alpha value is -0.750. The Balaban J connectivity index is 1.66. The molecule has 0 unspecified atom stereocenters. The summed E-state index contributed by atoms with van der Waals surface area (Å²) in [7, 11) is 0. The van der Waals surface area contributed by atoms with E-state index in [2.05, 4.69) is 0 Å². The molecule has 1 saturated heterocycles. The smallest absolute Gasteiger partial charge is 0.313 e. The number of carboxylic acid groups (broad SMARTS) is 1. The molecule has 0 spiro atoms. The third-order valence-corrected chi connectivity index (χ3v) is 3.97. The summed E-state index contributed by atoms with van der Waals surface area (Å²) in [5, 5.41) is 18.4. The second-order valence-corrected chi connectivity index (χ2v) is 5.50. The van der Waals surface area contributed by atoms with Gasteiger partial charge in [0.1, 0.15) is 5.60 Å². The lowest BCUT2D eigenvalue weighted by Gasteiger charge is -2.47. The number of carbonyl (C=O) groups is 2. The van der Waals surface area contributed by atoms with Crippen molar-refractivity contribution in [3.05, 3.63) is 0 Å². The first kappa shape index (κ1) is 11.7. The summed E-state index contributed by atoms with van der Waals surface area (Å²) < 4.78 is 0. The number of nitrogens with zero attached hydrogens (tertiary/aromatic N) is 1. The number of carboxylic acids is 1. The third-order valence-electron chi connectivity index (χ3n) is 3.07. The fraction of sp³-hybridized carbons (Fsp3) is 0.800. The lowest BCUT2D eigenvalue weighted by Crippen LogP contribution is -2.65. The maximum atomic E-state index is 11.5. The molecular weight excluding hydrogens is 230 g/mol. The number of hydrogen-bond donors (Lipinski definition) is 2. The SMILES string of the molecule is O=C(O)CSCC(=O)N1CC(O)(C2CC2)C1. The highest BCUT2D eigenvalue weighted by molar-refractivity contribution is 8.00. The van der Waals surface area contributed by atoms with Crippen LogP contribution in [0.2, 0.25) is 0 Å². The maximum Gasteiger partial charge on any atom is 0.313 e. The van der Waals surface area contributed by atoms with Crippen LogP contribution in [0.25, 0.3) is 0 Å². The van der Waals surface area contributed by atoms with E-state index in [1.165, 1.54) is 0 Å². The Morgan fingerprint density at radius 2 is 1.94 bits per heavy atom. The predicted octanol–water partition coefficient (Wildman–Crippen LogP) is -0.213. The molecule has 1 saturated carbocycles. The van der Waals surface area contributed by atoms with Gasteiger partial charge in [-0.2, -0.15) is 0 Å². The normalized spacial score (nSPS) is 22.7. The van der Waals surface area contributed by atoms with Gasteiger partial charge >= 0.3 is 5.97 Å². The van der Waals surface area contributed by atoms with Crippen LogP contribution in [0.3, 0.4) is 0 Å². The number of rotatable bonds is 5. The van der Waals surface area contributed by atoms with Crippen molar-refractivity contribution in [1.82, 2.24) is 4.90 Å². The molecule has 0 aromatic carbocycles. The van der Waals surface area contributed by atoms with Gasteiger partial charge in [-0.05, 0) is 18.8 Å². The highest BCUT2D eigenvalue weighted by atomic mass is 32.2. The lowest BCUT2D eigenvalue weighted by atomic mass is 9.89. The summed E-state index contributed by atoms with van der Waals surface area (Å²) in [6.07, 6.45) is 2.12. The van der Waals surface area contributed by atoms with Crippen molar-refractivity contribution in [2.24, 2.45) is 5.92 Å². The third kappa shape index (κ3) is 2.49. The molecule has 2 fully saturated rings. The van der Waals surface area contributed by atoms with Crippen molar-refractivity contribution in [2.45, 2.75) is 18.4 Å². The monoisotopic (exact) mass is 245 g/mol. The van der Waals surface area contributed by atoms with Gasteiger partial charge in [0.15, 0.2) is 0 Å². The molecule has 2 rings (SSSR count). The number of likely N-dealkylation sites (tertiary alicyclic amines) is 1. The molecule has 0 radical (unpaired) electrons. The molecule has 1 aliphatic carbocycles. The fourth-order valence-corrected chi connectivity index (χ4v) is 2.62. The molecule has 5 nitrogen and oxygen atoms in total. The molecule has 0 aromatic heterocycles. The zero-order valence-corrected chi connectivity index (χ0v) is 9.70. The van der Waals surface area contributed by atoms with Gasteiger partial charge in [-0.25, -0.2) is 0 Å². The summed E-state index contributed by atoms with van der Waals surface area (Å²) in [5.74, 6) is -0.463. The fourth-order valence-electron chi connectivity index (χ4n) is 1.99. The van der Waals surface area contributed by atoms with E-state index >= 15 is 0 Å². The van der Waals surface area contributed by atoms with Gasteiger partial charge in [-0.1, -0.05) is 0 Å². The average Bonchev–Trinajstić information content (AvgIpc) is 2.95. The number of carbonyl (C=O) groups excluding carboxylic acids is 1. The molecule has 0 aromatic rings. The van der Waals surface area contributed by atoms with Crippen LogP contribution in [0.15, 0.2) is 0 Å². The van der Waals surface area contributed by atoms with Crippen LogP contribution in [0.1, 0.15) is 12.8 Å². The molecule has 2 N–H and O–H groups in total. The second-order valence-electron chi connectivity index (χ2n) is 4.51. The molecule has 0 bridgehead atoms. The number of aliphatic carboxylic acids is 1. The van der Waals surface area contributed by atoms with Gasteiger partial charge in [0.25, 0.3) is 0 Å². The first-order valence-electron chi connectivity index (χ1n) is 5.31. The van der Waals surface area contributed by atoms with Crippen LogP contribution < -0.4 is 0 Å². The largest absolute Gasteiger partial charge is 0.481 e. The van der Waals surface area contributed by atoms with Crippen LogP contribution in [0, 0.1) is 5.92 Å². The molecule has 2 aliphatic rings. The number of β-amino-alcohol motifs (C(OH)–C–C–N with tert-alkyl or cyclic N) is 1. The van der Waals surface area contributed by atoms with E-state index in [-0.39, 0.29) is 17.4 Å². The van der Waals surface area contributed by atoms with E-state index in [0.29, 0.717) is 19.0 Å². The van der Waals surface area contributed by atoms with Gasteiger partial charge in [0, 0.05) is 0 Å². The number of amides is 1. The van der Waals surface area contributed by atoms with Crippen molar-refractivity contribution < 1.29 is 19.8 Å². The number of hydrogen-bond acceptors (Lipinski definition) is 4. The van der Waals surface area contributed by atoms with Gasteiger partial charge in [0.05, 0.1) is 24.6 Å². The van der Waals surface area contributed by atoms with E-state index in [9.17, 15) is 14.7 Å². The second kappa shape index (κ2) is 4.25. The molecule has 0 atom stereocenters. The Morgan fingerprint density at radius 1 is 1.31 bits per heavy atom. The minimum atomic E-state index is -0.907. The van der Waals surface area contributed by atoms with Crippen LogP contribution in [0.5, 0.6) is 0 Å². The van der Waals surface area contributed by atoms with Crippen LogP contribution in [-0.4, -0.2) is 57.2 Å². The molecule has 16 heavy (non-hydrogen) atoms. The standard InChI is InChI=1S/C10H15NO4S/c12-8(3-16-4-9(13)14)11-5-10(15,6-11)7-1-2-7/h7,15H,1-6H2,(H,13,14). The van der Waals surface area contributed by atoms with Gasteiger partial charge in [0.2, 0.25) is 5.91 Å². The van der Waals surface area contributed by atoms with Gasteiger partial charge in [-0.3, -0.25) is 9.59 Å². The predicted molar refractivity (Wildman–Crippen MR) is 59.2 cm³/mol.